The van der Waals surface area contributed by atoms with Crippen LogP contribution >= 0.6 is 0 Å². The average molecular weight is 297 g/mol. The summed E-state index contributed by atoms with van der Waals surface area (Å²) >= 11 is 0. The molecule has 0 saturated carbocycles. The number of nitrogens with zero attached hydrogens (tertiary/aromatic N) is 1. The molecule has 0 aliphatic carbocycles. The van der Waals surface area contributed by atoms with E-state index in [9.17, 15) is 0 Å². The summed E-state index contributed by atoms with van der Waals surface area (Å²) in [6.07, 6.45) is 0. The third-order valence-corrected chi connectivity index (χ3v) is 4.56. The Kier molecular flexibility index (Phi) is 3.27. The van der Waals surface area contributed by atoms with Crippen molar-refractivity contribution in [3.8, 4) is 0 Å². The van der Waals surface area contributed by atoms with Crippen molar-refractivity contribution >= 4 is 27.4 Å². The van der Waals surface area contributed by atoms with Gasteiger partial charge >= 0.3 is 0 Å². The highest BCUT2D eigenvalue weighted by Gasteiger charge is 2.11. The van der Waals surface area contributed by atoms with Crippen LogP contribution in [0.15, 0.2) is 79.4 Å². The number of aryl methyl sites for hydroxylation is 1. The van der Waals surface area contributed by atoms with Crippen LogP contribution < -0.4 is 0 Å². The maximum Gasteiger partial charge on any atom is 0.0491 e. The van der Waals surface area contributed by atoms with Crippen LogP contribution in [0.2, 0.25) is 0 Å². The van der Waals surface area contributed by atoms with Crippen molar-refractivity contribution in [1.29, 1.82) is 0 Å². The number of benzene rings is 3. The van der Waals surface area contributed by atoms with Gasteiger partial charge in [0.15, 0.2) is 0 Å². The van der Waals surface area contributed by atoms with Crippen LogP contribution in [0.25, 0.3) is 27.4 Å². The van der Waals surface area contributed by atoms with Crippen molar-refractivity contribution in [1.82, 2.24) is 4.57 Å². The lowest BCUT2D eigenvalue weighted by Gasteiger charge is -2.07. The van der Waals surface area contributed by atoms with Gasteiger partial charge in [-0.05, 0) is 41.8 Å². The lowest BCUT2D eigenvalue weighted by molar-refractivity contribution is 0.827. The maximum atomic E-state index is 4.30. The molecular formula is C22H19N. The van der Waals surface area contributed by atoms with Gasteiger partial charge in [-0.2, -0.15) is 0 Å². The molecule has 112 valence electrons. The largest absolute Gasteiger partial charge is 0.341 e. The molecule has 0 fully saturated rings. The first kappa shape index (κ1) is 13.8. The molecule has 0 spiro atoms. The highest BCUT2D eigenvalue weighted by Crippen LogP contribution is 2.32. The molecular weight excluding hydrogens is 278 g/mol. The predicted octanol–water partition coefficient (Wildman–Crippen LogP) is 5.88. The van der Waals surface area contributed by atoms with Crippen molar-refractivity contribution in [3.05, 3.63) is 90.5 Å². The summed E-state index contributed by atoms with van der Waals surface area (Å²) in [7, 11) is 0. The third-order valence-electron chi connectivity index (χ3n) is 4.56. The van der Waals surface area contributed by atoms with Crippen molar-refractivity contribution in [2.45, 2.75) is 13.5 Å². The van der Waals surface area contributed by atoms with Gasteiger partial charge in [-0.3, -0.25) is 0 Å². The lowest BCUT2D eigenvalue weighted by Crippen LogP contribution is -1.93. The van der Waals surface area contributed by atoms with E-state index in [1.807, 2.05) is 6.07 Å². The van der Waals surface area contributed by atoms with E-state index in [0.29, 0.717) is 0 Å². The molecule has 4 aromatic rings. The second-order valence-electron chi connectivity index (χ2n) is 5.84. The predicted molar refractivity (Wildman–Crippen MR) is 99.7 cm³/mol. The zero-order valence-corrected chi connectivity index (χ0v) is 13.3. The zero-order valence-electron chi connectivity index (χ0n) is 13.3. The highest BCUT2D eigenvalue weighted by molar-refractivity contribution is 6.09. The van der Waals surface area contributed by atoms with E-state index in [1.165, 1.54) is 32.9 Å². The van der Waals surface area contributed by atoms with E-state index in [4.69, 9.17) is 0 Å². The molecule has 3 aromatic carbocycles. The van der Waals surface area contributed by atoms with Gasteiger partial charge in [0.1, 0.15) is 0 Å². The van der Waals surface area contributed by atoms with Gasteiger partial charge < -0.3 is 4.57 Å². The zero-order chi connectivity index (χ0) is 15.8. The molecule has 23 heavy (non-hydrogen) atoms. The van der Waals surface area contributed by atoms with Crippen molar-refractivity contribution in [2.75, 3.05) is 0 Å². The molecule has 1 aromatic heterocycles. The van der Waals surface area contributed by atoms with Gasteiger partial charge in [0.25, 0.3) is 0 Å². The molecule has 4 rings (SSSR count). The topological polar surface area (TPSA) is 4.93 Å². The second kappa shape index (κ2) is 5.44. The molecule has 0 unspecified atom stereocenters. The fourth-order valence-electron chi connectivity index (χ4n) is 3.39. The first-order valence-corrected chi connectivity index (χ1v) is 8.05. The van der Waals surface area contributed by atoms with Crippen LogP contribution in [0.3, 0.4) is 0 Å². The van der Waals surface area contributed by atoms with Gasteiger partial charge in [-0.15, -0.1) is 0 Å². The lowest BCUT2D eigenvalue weighted by atomic mass is 9.98. The molecule has 0 aliphatic rings. The van der Waals surface area contributed by atoms with Crippen LogP contribution in [0.4, 0.5) is 0 Å². The van der Waals surface area contributed by atoms with Crippen LogP contribution in [-0.2, 0) is 6.54 Å². The Balaban J connectivity index is 1.95. The Morgan fingerprint density at radius 1 is 0.783 bits per heavy atom. The summed E-state index contributed by atoms with van der Waals surface area (Å²) < 4.78 is 2.37. The molecule has 0 amide bonds. The minimum atomic E-state index is 0.975. The summed E-state index contributed by atoms with van der Waals surface area (Å²) in [6, 6.07) is 25.7. The van der Waals surface area contributed by atoms with Gasteiger partial charge in [-0.1, -0.05) is 61.2 Å². The van der Waals surface area contributed by atoms with Gasteiger partial charge in [0, 0.05) is 28.4 Å². The third kappa shape index (κ3) is 2.17. The van der Waals surface area contributed by atoms with E-state index in [2.05, 4.69) is 84.8 Å². The van der Waals surface area contributed by atoms with E-state index >= 15 is 0 Å². The Labute approximate surface area is 136 Å². The standard InChI is InChI=1S/C22H19N/c1-3-23-21-12-8-7-11-19(21)20-15-18(13-14-22(20)23)16(2)17-9-5-4-6-10-17/h4-15H,2-3H2,1H3. The molecule has 0 aliphatic heterocycles. The quantitative estimate of drug-likeness (QED) is 0.445. The summed E-state index contributed by atoms with van der Waals surface area (Å²) in [4.78, 5) is 0. The van der Waals surface area contributed by atoms with Crippen molar-refractivity contribution in [3.63, 3.8) is 0 Å². The first-order chi connectivity index (χ1) is 11.3. The van der Waals surface area contributed by atoms with Crippen molar-refractivity contribution in [2.24, 2.45) is 0 Å². The molecule has 0 saturated heterocycles. The van der Waals surface area contributed by atoms with Crippen LogP contribution in [0, 0.1) is 0 Å². The maximum absolute atomic E-state index is 4.30. The summed E-state index contributed by atoms with van der Waals surface area (Å²) in [5, 5.41) is 2.61. The summed E-state index contributed by atoms with van der Waals surface area (Å²) in [5.41, 5.74) is 6.01. The van der Waals surface area contributed by atoms with E-state index in [1.54, 1.807) is 0 Å². The number of rotatable bonds is 3. The minimum Gasteiger partial charge on any atom is -0.341 e. The Bertz CT molecular complexity index is 1010. The SMILES string of the molecule is C=C(c1ccccc1)c1ccc2c(c1)c1ccccc1n2CC. The molecule has 1 nitrogen and oxygen atoms in total. The van der Waals surface area contributed by atoms with Crippen LogP contribution in [0.5, 0.6) is 0 Å². The monoisotopic (exact) mass is 297 g/mol. The number of hydrogen-bond donors (Lipinski definition) is 0. The minimum absolute atomic E-state index is 0.975. The number of hydrogen-bond acceptors (Lipinski definition) is 0. The summed E-state index contributed by atoms with van der Waals surface area (Å²) in [6.45, 7) is 7.47. The molecule has 0 radical (unpaired) electrons. The second-order valence-corrected chi connectivity index (χ2v) is 5.84. The molecule has 0 bridgehead atoms. The highest BCUT2D eigenvalue weighted by atomic mass is 15.0. The average Bonchev–Trinajstić information content (AvgIpc) is 2.95. The smallest absolute Gasteiger partial charge is 0.0491 e. The van der Waals surface area contributed by atoms with Gasteiger partial charge in [0.2, 0.25) is 0 Å². The van der Waals surface area contributed by atoms with E-state index in [0.717, 1.165) is 12.1 Å². The first-order valence-electron chi connectivity index (χ1n) is 8.05. The van der Waals surface area contributed by atoms with Gasteiger partial charge in [-0.25, -0.2) is 0 Å². The van der Waals surface area contributed by atoms with Crippen LogP contribution in [0.1, 0.15) is 18.1 Å². The molecule has 0 atom stereocenters. The number of fused-ring (bicyclic) bond motifs is 3. The van der Waals surface area contributed by atoms with E-state index in [-0.39, 0.29) is 0 Å². The molecule has 1 heteroatoms. The number of aromatic nitrogens is 1. The Morgan fingerprint density at radius 3 is 2.26 bits per heavy atom. The Hall–Kier alpha value is -2.80. The normalized spacial score (nSPS) is 11.2. The molecule has 0 N–H and O–H groups in total. The Morgan fingerprint density at radius 2 is 1.48 bits per heavy atom. The fourth-order valence-corrected chi connectivity index (χ4v) is 3.39. The number of para-hydroxylation sites is 1. The van der Waals surface area contributed by atoms with Gasteiger partial charge in [0.05, 0.1) is 0 Å². The summed E-state index contributed by atoms with van der Waals surface area (Å²) in [5.74, 6) is 0. The van der Waals surface area contributed by atoms with Crippen molar-refractivity contribution < 1.29 is 0 Å². The molecule has 1 heterocycles. The van der Waals surface area contributed by atoms with Crippen LogP contribution in [-0.4, -0.2) is 4.57 Å². The fraction of sp³-hybridized carbons (Fsp3) is 0.0909. The van der Waals surface area contributed by atoms with E-state index < -0.39 is 0 Å².